The second-order valence-corrected chi connectivity index (χ2v) is 4.98. The van der Waals surface area contributed by atoms with Crippen LogP contribution in [0.15, 0.2) is 46.4 Å². The van der Waals surface area contributed by atoms with Crippen LogP contribution in [0.3, 0.4) is 0 Å². The van der Waals surface area contributed by atoms with E-state index in [9.17, 15) is 9.18 Å². The van der Waals surface area contributed by atoms with Crippen LogP contribution in [0.1, 0.15) is 19.6 Å². The molecule has 0 radical (unpaired) electrons. The third-order valence-corrected chi connectivity index (χ3v) is 2.84. The normalized spacial score (nSPS) is 11.3. The van der Waals surface area contributed by atoms with Crippen molar-refractivity contribution in [3.05, 3.63) is 53.5 Å². The summed E-state index contributed by atoms with van der Waals surface area (Å²) in [6.07, 6.45) is 1.34. The van der Waals surface area contributed by atoms with Gasteiger partial charge in [-0.15, -0.1) is 0 Å². The van der Waals surface area contributed by atoms with E-state index in [1.54, 1.807) is 44.2 Å². The van der Waals surface area contributed by atoms with Crippen molar-refractivity contribution in [3.8, 4) is 17.4 Å². The number of nitrogens with zero attached hydrogens (tertiary/aromatic N) is 1. The van der Waals surface area contributed by atoms with Gasteiger partial charge in [-0.3, -0.25) is 4.79 Å². The number of carbonyl (C=O) groups excluding carboxylic acids is 1. The van der Waals surface area contributed by atoms with E-state index in [0.29, 0.717) is 17.1 Å². The maximum absolute atomic E-state index is 13.7. The maximum Gasteiger partial charge on any atom is 0.262 e. The second-order valence-electron chi connectivity index (χ2n) is 4.98. The molecule has 1 N–H and O–H groups in total. The molecule has 1 amide bonds. The Morgan fingerprint density at radius 3 is 2.68 bits per heavy atom. The monoisotopic (exact) mass is 298 g/mol. The van der Waals surface area contributed by atoms with Gasteiger partial charge in [0.1, 0.15) is 29.0 Å². The number of hydrogen-bond donors (Lipinski definition) is 1. The molecular weight excluding hydrogens is 283 g/mol. The van der Waals surface area contributed by atoms with E-state index < -0.39 is 11.7 Å². The topological polar surface area (TPSA) is 66.0 Å². The molecule has 1 aromatic carbocycles. The standard InChI is InChI=1S/C17H15FN2O2/c1-11(2)20-17(21)12(10-19)9-13-7-8-16(22-13)14-5-3-4-6-15(14)18/h3-9,11H,1-2H3,(H,20,21). The molecule has 0 fully saturated rings. The molecule has 0 aliphatic heterocycles. The van der Waals surface area contributed by atoms with Crippen LogP contribution in [-0.2, 0) is 4.79 Å². The zero-order valence-corrected chi connectivity index (χ0v) is 12.3. The molecule has 0 aliphatic rings. The summed E-state index contributed by atoms with van der Waals surface area (Å²) in [7, 11) is 0. The smallest absolute Gasteiger partial charge is 0.262 e. The Labute approximate surface area is 127 Å². The number of nitrogens with one attached hydrogen (secondary N) is 1. The molecule has 5 heteroatoms. The fourth-order valence-electron chi connectivity index (χ4n) is 1.87. The van der Waals surface area contributed by atoms with Crippen LogP contribution in [0.4, 0.5) is 4.39 Å². The molecule has 0 atom stereocenters. The largest absolute Gasteiger partial charge is 0.457 e. The number of benzene rings is 1. The zero-order valence-electron chi connectivity index (χ0n) is 12.3. The zero-order chi connectivity index (χ0) is 16.1. The van der Waals surface area contributed by atoms with Gasteiger partial charge in [0.25, 0.3) is 5.91 Å². The van der Waals surface area contributed by atoms with E-state index in [2.05, 4.69) is 5.32 Å². The highest BCUT2D eigenvalue weighted by atomic mass is 19.1. The van der Waals surface area contributed by atoms with E-state index >= 15 is 0 Å². The molecule has 4 nitrogen and oxygen atoms in total. The van der Waals surface area contributed by atoms with E-state index in [1.165, 1.54) is 12.1 Å². The van der Waals surface area contributed by atoms with Gasteiger partial charge < -0.3 is 9.73 Å². The van der Waals surface area contributed by atoms with Crippen molar-refractivity contribution in [2.45, 2.75) is 19.9 Å². The van der Waals surface area contributed by atoms with Crippen molar-refractivity contribution < 1.29 is 13.6 Å². The first-order valence-electron chi connectivity index (χ1n) is 6.78. The summed E-state index contributed by atoms with van der Waals surface area (Å²) in [6.45, 7) is 3.60. The molecule has 0 saturated heterocycles. The van der Waals surface area contributed by atoms with E-state index in [-0.39, 0.29) is 11.6 Å². The number of nitriles is 1. The maximum atomic E-state index is 13.7. The molecule has 0 saturated carbocycles. The fourth-order valence-corrected chi connectivity index (χ4v) is 1.87. The molecule has 112 valence electrons. The lowest BCUT2D eigenvalue weighted by Crippen LogP contribution is -2.30. The molecule has 2 aromatic rings. The van der Waals surface area contributed by atoms with Crippen LogP contribution in [-0.4, -0.2) is 11.9 Å². The Balaban J connectivity index is 2.28. The average Bonchev–Trinajstić information content (AvgIpc) is 2.92. The van der Waals surface area contributed by atoms with Crippen molar-refractivity contribution in [1.82, 2.24) is 5.32 Å². The number of hydrogen-bond acceptors (Lipinski definition) is 3. The van der Waals surface area contributed by atoms with E-state index in [0.717, 1.165) is 0 Å². The van der Waals surface area contributed by atoms with Gasteiger partial charge in [-0.25, -0.2) is 4.39 Å². The predicted octanol–water partition coefficient (Wildman–Crippen LogP) is 3.52. The minimum atomic E-state index is -0.471. The number of carbonyl (C=O) groups is 1. The number of amides is 1. The lowest BCUT2D eigenvalue weighted by molar-refractivity contribution is -0.117. The lowest BCUT2D eigenvalue weighted by atomic mass is 10.1. The Morgan fingerprint density at radius 2 is 2.05 bits per heavy atom. The van der Waals surface area contributed by atoms with Gasteiger partial charge in [0, 0.05) is 12.1 Å². The molecule has 2 rings (SSSR count). The molecule has 0 spiro atoms. The van der Waals surface area contributed by atoms with Gasteiger partial charge in [0.05, 0.1) is 5.56 Å². The summed E-state index contributed by atoms with van der Waals surface area (Å²) in [4.78, 5) is 11.8. The summed E-state index contributed by atoms with van der Waals surface area (Å²) in [5.41, 5.74) is 0.260. The highest BCUT2D eigenvalue weighted by Crippen LogP contribution is 2.25. The first-order valence-corrected chi connectivity index (χ1v) is 6.78. The quantitative estimate of drug-likeness (QED) is 0.693. The fraction of sp³-hybridized carbons (Fsp3) is 0.176. The summed E-state index contributed by atoms with van der Waals surface area (Å²) < 4.78 is 19.2. The highest BCUT2D eigenvalue weighted by Gasteiger charge is 2.12. The molecule has 1 aromatic heterocycles. The van der Waals surface area contributed by atoms with Crippen LogP contribution >= 0.6 is 0 Å². The van der Waals surface area contributed by atoms with Crippen LogP contribution in [0, 0.1) is 17.1 Å². The minimum absolute atomic E-state index is 0.0665. The van der Waals surface area contributed by atoms with Gasteiger partial charge in [-0.2, -0.15) is 5.26 Å². The summed E-state index contributed by atoms with van der Waals surface area (Å²) in [5, 5.41) is 11.7. The molecule has 22 heavy (non-hydrogen) atoms. The van der Waals surface area contributed by atoms with Crippen molar-refractivity contribution >= 4 is 12.0 Å². The highest BCUT2D eigenvalue weighted by molar-refractivity contribution is 6.01. The van der Waals surface area contributed by atoms with Gasteiger partial charge in [0.15, 0.2) is 0 Å². The van der Waals surface area contributed by atoms with Gasteiger partial charge >= 0.3 is 0 Å². The third-order valence-electron chi connectivity index (χ3n) is 2.84. The summed E-state index contributed by atoms with van der Waals surface area (Å²) in [6, 6.07) is 11.2. The first kappa shape index (κ1) is 15.5. The molecule has 1 heterocycles. The Morgan fingerprint density at radius 1 is 1.32 bits per heavy atom. The van der Waals surface area contributed by atoms with E-state index in [4.69, 9.17) is 9.68 Å². The number of rotatable bonds is 4. The van der Waals surface area contributed by atoms with Crippen molar-refractivity contribution in [3.63, 3.8) is 0 Å². The van der Waals surface area contributed by atoms with Crippen molar-refractivity contribution in [1.29, 1.82) is 5.26 Å². The summed E-state index contributed by atoms with van der Waals surface area (Å²) >= 11 is 0. The molecule has 0 aliphatic carbocycles. The first-order chi connectivity index (χ1) is 10.5. The van der Waals surface area contributed by atoms with Gasteiger partial charge in [-0.05, 0) is 38.1 Å². The summed E-state index contributed by atoms with van der Waals surface area (Å²) in [5.74, 6) is -0.216. The van der Waals surface area contributed by atoms with Crippen LogP contribution in [0.2, 0.25) is 0 Å². The SMILES string of the molecule is CC(C)NC(=O)C(C#N)=Cc1ccc(-c2ccccc2F)o1. The van der Waals surface area contributed by atoms with Gasteiger partial charge in [0.2, 0.25) is 0 Å². The van der Waals surface area contributed by atoms with Crippen LogP contribution in [0.5, 0.6) is 0 Å². The number of halogens is 1. The van der Waals surface area contributed by atoms with Crippen LogP contribution < -0.4 is 5.32 Å². The Bertz CT molecular complexity index is 754. The third kappa shape index (κ3) is 3.61. The van der Waals surface area contributed by atoms with Crippen LogP contribution in [0.25, 0.3) is 17.4 Å². The predicted molar refractivity (Wildman–Crippen MR) is 81.0 cm³/mol. The average molecular weight is 298 g/mol. The van der Waals surface area contributed by atoms with Gasteiger partial charge in [-0.1, -0.05) is 12.1 Å². The van der Waals surface area contributed by atoms with Crippen molar-refractivity contribution in [2.24, 2.45) is 0 Å². The Hall–Kier alpha value is -2.87. The lowest BCUT2D eigenvalue weighted by Gasteiger charge is -2.06. The minimum Gasteiger partial charge on any atom is -0.457 e. The van der Waals surface area contributed by atoms with E-state index in [1.807, 2.05) is 6.07 Å². The molecule has 0 bridgehead atoms. The van der Waals surface area contributed by atoms with Crippen molar-refractivity contribution in [2.75, 3.05) is 0 Å². The Kier molecular flexibility index (Phi) is 4.74. The molecular formula is C17H15FN2O2. The number of furan rings is 1. The molecule has 0 unspecified atom stereocenters. The second kappa shape index (κ2) is 6.72.